The van der Waals surface area contributed by atoms with Crippen molar-refractivity contribution in [2.45, 2.75) is 39.2 Å². The highest BCUT2D eigenvalue weighted by atomic mass is 16.5. The summed E-state index contributed by atoms with van der Waals surface area (Å²) < 4.78 is 17.6. The first-order valence-electron chi connectivity index (χ1n) is 14.8. The Morgan fingerprint density at radius 1 is 0.833 bits per heavy atom. The summed E-state index contributed by atoms with van der Waals surface area (Å²) in [6.07, 6.45) is 5.09. The molecule has 1 heterocycles. The minimum absolute atomic E-state index is 0.0848. The molecular formula is C36H36N2O4. The van der Waals surface area contributed by atoms with E-state index in [4.69, 9.17) is 19.3 Å². The molecule has 1 aliphatic heterocycles. The number of carbonyl (C=O) groups is 1. The number of ether oxygens (including phenoxy) is 3. The summed E-state index contributed by atoms with van der Waals surface area (Å²) in [4.78, 5) is 13.8. The molecule has 0 radical (unpaired) electrons. The monoisotopic (exact) mass is 560 g/mol. The quantitative estimate of drug-likeness (QED) is 0.209. The minimum atomic E-state index is -0.230. The second-order valence-electron chi connectivity index (χ2n) is 10.6. The van der Waals surface area contributed by atoms with Gasteiger partial charge in [-0.25, -0.2) is 5.01 Å². The van der Waals surface area contributed by atoms with Gasteiger partial charge in [0.05, 0.1) is 25.0 Å². The van der Waals surface area contributed by atoms with Crippen LogP contribution in [0.1, 0.15) is 50.3 Å². The van der Waals surface area contributed by atoms with Crippen LogP contribution in [0.15, 0.2) is 102 Å². The standard InChI is InChI=1S/C36H36N2O4/c1-3-40-30-15-7-10-25(21-30)20-28-13-9-17-33-35(28)37-38(36(33)29-14-8-16-31(23-29)41-4-2)34(39)24-42-32-19-18-26-11-5-6-12-27(26)22-32/h5-8,10-12,14-16,18-23,33,36H,3-4,9,13,17,24H2,1-2H3/b28-20-/t33-,36-/m0/s1. The van der Waals surface area contributed by atoms with Crippen LogP contribution in [0.5, 0.6) is 17.2 Å². The predicted molar refractivity (Wildman–Crippen MR) is 167 cm³/mol. The van der Waals surface area contributed by atoms with Crippen LogP contribution in [0, 0.1) is 5.92 Å². The Labute approximate surface area is 247 Å². The lowest BCUT2D eigenvalue weighted by Gasteiger charge is -2.30. The van der Waals surface area contributed by atoms with Crippen molar-refractivity contribution in [1.82, 2.24) is 5.01 Å². The van der Waals surface area contributed by atoms with E-state index in [2.05, 4.69) is 30.3 Å². The number of rotatable bonds is 9. The molecule has 4 aromatic carbocycles. The molecule has 0 bridgehead atoms. The molecule has 0 aromatic heterocycles. The summed E-state index contributed by atoms with van der Waals surface area (Å²) in [5, 5.41) is 8.88. The average Bonchev–Trinajstić information content (AvgIpc) is 3.41. The lowest BCUT2D eigenvalue weighted by molar-refractivity contribution is -0.135. The first kappa shape index (κ1) is 27.6. The van der Waals surface area contributed by atoms with Gasteiger partial charge in [-0.05, 0) is 103 Å². The Kier molecular flexibility index (Phi) is 8.22. The molecule has 214 valence electrons. The second kappa shape index (κ2) is 12.5. The third-order valence-electron chi connectivity index (χ3n) is 7.86. The average molecular weight is 561 g/mol. The van der Waals surface area contributed by atoms with Crippen molar-refractivity contribution in [3.63, 3.8) is 0 Å². The van der Waals surface area contributed by atoms with Gasteiger partial charge in [0.25, 0.3) is 5.91 Å². The number of nitrogens with zero attached hydrogens (tertiary/aromatic N) is 2. The third-order valence-corrected chi connectivity index (χ3v) is 7.86. The summed E-state index contributed by atoms with van der Waals surface area (Å²) in [5.41, 5.74) is 4.23. The van der Waals surface area contributed by atoms with Crippen LogP contribution in [0.4, 0.5) is 0 Å². The zero-order chi connectivity index (χ0) is 28.9. The topological polar surface area (TPSA) is 60.4 Å². The first-order chi connectivity index (χ1) is 20.6. The molecule has 0 saturated heterocycles. The normalized spacial score (nSPS) is 19.0. The van der Waals surface area contributed by atoms with Gasteiger partial charge < -0.3 is 14.2 Å². The summed E-state index contributed by atoms with van der Waals surface area (Å²) in [6, 6.07) is 30.0. The Bertz CT molecular complexity index is 1640. The molecule has 6 heteroatoms. The second-order valence-corrected chi connectivity index (χ2v) is 10.6. The largest absolute Gasteiger partial charge is 0.494 e. The zero-order valence-corrected chi connectivity index (χ0v) is 24.2. The van der Waals surface area contributed by atoms with Crippen LogP contribution in [-0.4, -0.2) is 36.4 Å². The van der Waals surface area contributed by atoms with E-state index in [9.17, 15) is 4.79 Å². The molecule has 6 nitrogen and oxygen atoms in total. The van der Waals surface area contributed by atoms with Crippen LogP contribution in [0.3, 0.4) is 0 Å². The summed E-state index contributed by atoms with van der Waals surface area (Å²) >= 11 is 0. The van der Waals surface area contributed by atoms with Gasteiger partial charge in [-0.2, -0.15) is 5.10 Å². The number of hydrogen-bond acceptors (Lipinski definition) is 5. The Balaban J connectivity index is 1.31. The Morgan fingerprint density at radius 3 is 2.38 bits per heavy atom. The fourth-order valence-electron chi connectivity index (χ4n) is 6.03. The van der Waals surface area contributed by atoms with Gasteiger partial charge in [-0.15, -0.1) is 0 Å². The van der Waals surface area contributed by atoms with Crippen molar-refractivity contribution >= 4 is 28.5 Å². The number of amides is 1. The van der Waals surface area contributed by atoms with Crippen molar-refractivity contribution in [2.24, 2.45) is 11.0 Å². The number of hydrogen-bond donors (Lipinski definition) is 0. The summed E-state index contributed by atoms with van der Waals surface area (Å²) in [6.45, 7) is 5.06. The fourth-order valence-corrected chi connectivity index (χ4v) is 6.03. The molecule has 2 aliphatic rings. The zero-order valence-electron chi connectivity index (χ0n) is 24.2. The van der Waals surface area contributed by atoms with Crippen LogP contribution >= 0.6 is 0 Å². The van der Waals surface area contributed by atoms with Crippen molar-refractivity contribution < 1.29 is 19.0 Å². The van der Waals surface area contributed by atoms with Crippen LogP contribution in [-0.2, 0) is 4.79 Å². The van der Waals surface area contributed by atoms with Gasteiger partial charge in [0, 0.05) is 5.92 Å². The van der Waals surface area contributed by atoms with Gasteiger partial charge in [0.15, 0.2) is 6.61 Å². The smallest absolute Gasteiger partial charge is 0.281 e. The van der Waals surface area contributed by atoms with E-state index in [0.717, 1.165) is 63.9 Å². The van der Waals surface area contributed by atoms with E-state index >= 15 is 0 Å². The van der Waals surface area contributed by atoms with Crippen LogP contribution < -0.4 is 14.2 Å². The summed E-state index contributed by atoms with van der Waals surface area (Å²) in [7, 11) is 0. The highest BCUT2D eigenvalue weighted by Gasteiger charge is 2.44. The fraction of sp³-hybridized carbons (Fsp3) is 0.278. The summed E-state index contributed by atoms with van der Waals surface area (Å²) in [5.74, 6) is 2.22. The van der Waals surface area contributed by atoms with Crippen LogP contribution in [0.2, 0.25) is 0 Å². The van der Waals surface area contributed by atoms with Crippen molar-refractivity contribution in [3.05, 3.63) is 108 Å². The SMILES string of the molecule is CCOc1cccc(/C=C2/CCC[C@H]3C2=NN(C(=O)COc2ccc4ccccc4c2)[C@H]3c2cccc(OCC)c2)c1. The van der Waals surface area contributed by atoms with Crippen molar-refractivity contribution in [3.8, 4) is 17.2 Å². The molecular weight excluding hydrogens is 524 g/mol. The third kappa shape index (κ3) is 5.89. The highest BCUT2D eigenvalue weighted by molar-refractivity contribution is 6.08. The minimum Gasteiger partial charge on any atom is -0.494 e. The molecule has 1 amide bonds. The lowest BCUT2D eigenvalue weighted by Crippen LogP contribution is -2.34. The molecule has 2 atom stereocenters. The van der Waals surface area contributed by atoms with E-state index in [0.29, 0.717) is 19.0 Å². The molecule has 0 unspecified atom stereocenters. The van der Waals surface area contributed by atoms with Crippen molar-refractivity contribution in [2.75, 3.05) is 19.8 Å². The number of hydrazone groups is 1. The predicted octanol–water partition coefficient (Wildman–Crippen LogP) is 7.84. The van der Waals surface area contributed by atoms with E-state index in [1.807, 2.05) is 80.6 Å². The van der Waals surface area contributed by atoms with Gasteiger partial charge >= 0.3 is 0 Å². The molecule has 4 aromatic rings. The number of allylic oxidation sites excluding steroid dienone is 1. The van der Waals surface area contributed by atoms with Gasteiger partial charge in [-0.3, -0.25) is 4.79 Å². The van der Waals surface area contributed by atoms with Gasteiger partial charge in [0.1, 0.15) is 17.2 Å². The maximum absolute atomic E-state index is 13.8. The van der Waals surface area contributed by atoms with Gasteiger partial charge in [0.2, 0.25) is 0 Å². The molecule has 6 rings (SSSR count). The van der Waals surface area contributed by atoms with Gasteiger partial charge in [-0.1, -0.05) is 54.6 Å². The molecule has 0 N–H and O–H groups in total. The molecule has 0 spiro atoms. The molecule has 1 fully saturated rings. The van der Waals surface area contributed by atoms with E-state index in [1.165, 1.54) is 0 Å². The van der Waals surface area contributed by atoms with Crippen LogP contribution in [0.25, 0.3) is 16.8 Å². The van der Waals surface area contributed by atoms with E-state index < -0.39 is 0 Å². The maximum atomic E-state index is 13.8. The maximum Gasteiger partial charge on any atom is 0.281 e. The lowest BCUT2D eigenvalue weighted by atomic mass is 9.77. The highest BCUT2D eigenvalue weighted by Crippen LogP contribution is 2.45. The number of fused-ring (bicyclic) bond motifs is 2. The number of benzene rings is 4. The number of carbonyl (C=O) groups excluding carboxylic acids is 1. The molecule has 1 saturated carbocycles. The Hall–Kier alpha value is -4.58. The van der Waals surface area contributed by atoms with E-state index in [-0.39, 0.29) is 24.5 Å². The molecule has 42 heavy (non-hydrogen) atoms. The Morgan fingerprint density at radius 2 is 1.57 bits per heavy atom. The van der Waals surface area contributed by atoms with E-state index in [1.54, 1.807) is 5.01 Å². The first-order valence-corrected chi connectivity index (χ1v) is 14.8. The van der Waals surface area contributed by atoms with Crippen molar-refractivity contribution in [1.29, 1.82) is 0 Å². The molecule has 1 aliphatic carbocycles.